The van der Waals surface area contributed by atoms with Crippen LogP contribution in [0.4, 0.5) is 0 Å². The van der Waals surface area contributed by atoms with Crippen LogP contribution in [0.3, 0.4) is 0 Å². The molecule has 0 aliphatic rings. The largest absolute Gasteiger partial charge is 0.315 e. The first-order chi connectivity index (χ1) is 9.16. The van der Waals surface area contributed by atoms with Crippen molar-refractivity contribution in [1.29, 1.82) is 0 Å². The van der Waals surface area contributed by atoms with Crippen molar-refractivity contribution >= 4 is 27.5 Å². The maximum Gasteiger partial charge on any atom is 0.315 e. The number of benzene rings is 2. The molecule has 19 heavy (non-hydrogen) atoms. The fourth-order valence-corrected chi connectivity index (χ4v) is 2.85. The summed E-state index contributed by atoms with van der Waals surface area (Å²) in [6.07, 6.45) is 0. The van der Waals surface area contributed by atoms with Crippen molar-refractivity contribution in [1.82, 2.24) is 4.57 Å². The SMILES string of the molecule is Cc1ccc(C(=O)n2c(=O)sc3ccccc32)cc1. The van der Waals surface area contributed by atoms with Gasteiger partial charge in [0.25, 0.3) is 5.91 Å². The number of carbonyl (C=O) groups excluding carboxylic acids is 1. The molecular formula is C15H11NO2S. The third-order valence-electron chi connectivity index (χ3n) is 2.99. The van der Waals surface area contributed by atoms with Gasteiger partial charge in [-0.25, -0.2) is 4.57 Å². The van der Waals surface area contributed by atoms with E-state index in [0.29, 0.717) is 11.1 Å². The van der Waals surface area contributed by atoms with Gasteiger partial charge in [-0.15, -0.1) is 0 Å². The van der Waals surface area contributed by atoms with Crippen LogP contribution in [-0.2, 0) is 0 Å². The van der Waals surface area contributed by atoms with Gasteiger partial charge < -0.3 is 0 Å². The van der Waals surface area contributed by atoms with Crippen molar-refractivity contribution in [3.05, 3.63) is 69.3 Å². The number of nitrogens with zero attached hydrogens (tertiary/aromatic N) is 1. The van der Waals surface area contributed by atoms with E-state index >= 15 is 0 Å². The average molecular weight is 269 g/mol. The van der Waals surface area contributed by atoms with Crippen LogP contribution in [0.2, 0.25) is 0 Å². The molecule has 0 aliphatic heterocycles. The molecule has 0 unspecified atom stereocenters. The summed E-state index contributed by atoms with van der Waals surface area (Å²) < 4.78 is 2.07. The van der Waals surface area contributed by atoms with E-state index in [2.05, 4.69) is 0 Å². The number of thiazole rings is 1. The van der Waals surface area contributed by atoms with Gasteiger partial charge >= 0.3 is 4.87 Å². The summed E-state index contributed by atoms with van der Waals surface area (Å²) in [5.74, 6) is -0.276. The van der Waals surface area contributed by atoms with Gasteiger partial charge in [-0.2, -0.15) is 0 Å². The van der Waals surface area contributed by atoms with Crippen LogP contribution in [-0.4, -0.2) is 10.5 Å². The summed E-state index contributed by atoms with van der Waals surface area (Å²) in [6, 6.07) is 14.6. The van der Waals surface area contributed by atoms with Crippen molar-refractivity contribution < 1.29 is 4.79 Å². The van der Waals surface area contributed by atoms with E-state index in [0.717, 1.165) is 21.6 Å². The molecule has 1 aromatic heterocycles. The second-order valence-corrected chi connectivity index (χ2v) is 5.34. The minimum Gasteiger partial charge on any atom is -0.268 e. The third kappa shape index (κ3) is 2.00. The van der Waals surface area contributed by atoms with Gasteiger partial charge in [-0.1, -0.05) is 41.2 Å². The predicted molar refractivity (Wildman–Crippen MR) is 77.0 cm³/mol. The molecule has 1 heterocycles. The Kier molecular flexibility index (Phi) is 2.80. The molecule has 3 nitrogen and oxygen atoms in total. The van der Waals surface area contributed by atoms with E-state index in [1.807, 2.05) is 37.3 Å². The minimum absolute atomic E-state index is 0.244. The van der Waals surface area contributed by atoms with Crippen molar-refractivity contribution in [2.75, 3.05) is 0 Å². The van der Waals surface area contributed by atoms with Crippen LogP contribution in [0.15, 0.2) is 53.3 Å². The fraction of sp³-hybridized carbons (Fsp3) is 0.0667. The maximum atomic E-state index is 12.4. The van der Waals surface area contributed by atoms with Crippen molar-refractivity contribution in [3.63, 3.8) is 0 Å². The van der Waals surface area contributed by atoms with Crippen LogP contribution in [0.1, 0.15) is 15.9 Å². The van der Waals surface area contributed by atoms with E-state index < -0.39 is 0 Å². The van der Waals surface area contributed by atoms with Crippen LogP contribution in [0.5, 0.6) is 0 Å². The lowest BCUT2D eigenvalue weighted by Crippen LogP contribution is -2.22. The Labute approximate surface area is 113 Å². The molecule has 4 heteroatoms. The molecule has 0 saturated heterocycles. The van der Waals surface area contributed by atoms with Crippen molar-refractivity contribution in [2.45, 2.75) is 6.92 Å². The first-order valence-corrected chi connectivity index (χ1v) is 6.70. The molecule has 0 atom stereocenters. The second kappa shape index (κ2) is 4.48. The highest BCUT2D eigenvalue weighted by molar-refractivity contribution is 7.16. The number of para-hydroxylation sites is 1. The molecule has 94 valence electrons. The zero-order valence-corrected chi connectivity index (χ0v) is 11.1. The monoisotopic (exact) mass is 269 g/mol. The number of aromatic nitrogens is 1. The molecular weight excluding hydrogens is 258 g/mol. The molecule has 3 rings (SSSR count). The van der Waals surface area contributed by atoms with Crippen LogP contribution < -0.4 is 4.87 Å². The summed E-state index contributed by atoms with van der Waals surface area (Å²) >= 11 is 1.09. The zero-order chi connectivity index (χ0) is 13.4. The summed E-state index contributed by atoms with van der Waals surface area (Å²) in [5, 5.41) is 0. The Bertz CT molecular complexity index is 812. The lowest BCUT2D eigenvalue weighted by Gasteiger charge is -2.03. The van der Waals surface area contributed by atoms with E-state index in [4.69, 9.17) is 0 Å². The normalized spacial score (nSPS) is 10.8. The van der Waals surface area contributed by atoms with Gasteiger partial charge in [0.15, 0.2) is 0 Å². The Hall–Kier alpha value is -2.20. The van der Waals surface area contributed by atoms with Crippen LogP contribution in [0, 0.1) is 6.92 Å². The molecule has 0 N–H and O–H groups in total. The molecule has 0 aliphatic carbocycles. The van der Waals surface area contributed by atoms with E-state index in [-0.39, 0.29) is 10.8 Å². The first kappa shape index (κ1) is 11.9. The number of hydrogen-bond donors (Lipinski definition) is 0. The number of aryl methyl sites for hydroxylation is 1. The van der Waals surface area contributed by atoms with Gasteiger partial charge in [-0.05, 0) is 31.2 Å². The van der Waals surface area contributed by atoms with E-state index in [9.17, 15) is 9.59 Å². The summed E-state index contributed by atoms with van der Waals surface area (Å²) in [6.45, 7) is 1.96. The Balaban J connectivity index is 2.19. The molecule has 0 saturated carbocycles. The zero-order valence-electron chi connectivity index (χ0n) is 10.3. The fourth-order valence-electron chi connectivity index (χ4n) is 1.98. The van der Waals surface area contributed by atoms with E-state index in [1.54, 1.807) is 18.2 Å². The molecule has 0 fully saturated rings. The summed E-state index contributed by atoms with van der Waals surface area (Å²) in [7, 11) is 0. The molecule has 0 amide bonds. The lowest BCUT2D eigenvalue weighted by molar-refractivity contribution is 0.0962. The van der Waals surface area contributed by atoms with Gasteiger partial charge in [-0.3, -0.25) is 9.59 Å². The lowest BCUT2D eigenvalue weighted by atomic mass is 10.1. The number of hydrogen-bond acceptors (Lipinski definition) is 3. The Morgan fingerprint density at radius 1 is 1.05 bits per heavy atom. The molecule has 0 spiro atoms. The van der Waals surface area contributed by atoms with Crippen molar-refractivity contribution in [2.24, 2.45) is 0 Å². The number of rotatable bonds is 1. The predicted octanol–water partition coefficient (Wildman–Crippen LogP) is 3.06. The highest BCUT2D eigenvalue weighted by Gasteiger charge is 2.15. The highest BCUT2D eigenvalue weighted by atomic mass is 32.1. The van der Waals surface area contributed by atoms with E-state index in [1.165, 1.54) is 4.57 Å². The van der Waals surface area contributed by atoms with Crippen LogP contribution in [0.25, 0.3) is 10.2 Å². The third-order valence-corrected chi connectivity index (χ3v) is 3.91. The minimum atomic E-state index is -0.276. The van der Waals surface area contributed by atoms with Gasteiger partial charge in [0.05, 0.1) is 10.2 Å². The molecule has 3 aromatic rings. The van der Waals surface area contributed by atoms with Gasteiger partial charge in [0.2, 0.25) is 0 Å². The van der Waals surface area contributed by atoms with Gasteiger partial charge in [0.1, 0.15) is 0 Å². The standard InChI is InChI=1S/C15H11NO2S/c1-10-6-8-11(9-7-10)14(17)16-12-4-2-3-5-13(12)19-15(16)18/h2-9H,1H3. The smallest absolute Gasteiger partial charge is 0.268 e. The van der Waals surface area contributed by atoms with Crippen LogP contribution >= 0.6 is 11.3 Å². The first-order valence-electron chi connectivity index (χ1n) is 5.89. The summed E-state index contributed by atoms with van der Waals surface area (Å²) in [4.78, 5) is 24.2. The molecule has 2 aromatic carbocycles. The van der Waals surface area contributed by atoms with Gasteiger partial charge in [0, 0.05) is 5.56 Å². The topological polar surface area (TPSA) is 39.1 Å². The Morgan fingerprint density at radius 3 is 2.47 bits per heavy atom. The number of carbonyl (C=O) groups is 1. The Morgan fingerprint density at radius 2 is 1.74 bits per heavy atom. The quantitative estimate of drug-likeness (QED) is 0.681. The number of fused-ring (bicyclic) bond motifs is 1. The maximum absolute atomic E-state index is 12.4. The highest BCUT2D eigenvalue weighted by Crippen LogP contribution is 2.17. The van der Waals surface area contributed by atoms with Crippen molar-refractivity contribution in [3.8, 4) is 0 Å². The average Bonchev–Trinajstić information content (AvgIpc) is 2.74. The summed E-state index contributed by atoms with van der Waals surface area (Å²) in [5.41, 5.74) is 2.28. The molecule has 0 radical (unpaired) electrons. The molecule has 0 bridgehead atoms. The second-order valence-electron chi connectivity index (χ2n) is 4.34.